The number of phenols is 1. The predicted molar refractivity (Wildman–Crippen MR) is 103 cm³/mol. The minimum absolute atomic E-state index is 0.0744. The zero-order valence-electron chi connectivity index (χ0n) is 16.3. The number of aromatic hydroxyl groups is 1. The van der Waals surface area contributed by atoms with E-state index < -0.39 is 0 Å². The average Bonchev–Trinajstić information content (AvgIpc) is 2.93. The van der Waals surface area contributed by atoms with E-state index >= 15 is 0 Å². The molecule has 0 amide bonds. The Bertz CT molecular complexity index is 642. The lowest BCUT2D eigenvalue weighted by Crippen LogP contribution is -2.48. The molecule has 2 saturated carbocycles. The number of aliphatic hydroxyl groups is 1. The molecule has 3 aliphatic rings. The summed E-state index contributed by atoms with van der Waals surface area (Å²) in [4.78, 5) is 0. The topological polar surface area (TPSA) is 49.7 Å². The first-order chi connectivity index (χ1) is 12.5. The first-order valence-corrected chi connectivity index (χ1v) is 10.6. The number of hydrogen-bond donors (Lipinski definition) is 2. The van der Waals surface area contributed by atoms with Crippen LogP contribution in [0.5, 0.6) is 5.75 Å². The molecule has 0 heterocycles. The summed E-state index contributed by atoms with van der Waals surface area (Å²) in [6, 6.07) is 6.02. The number of benzene rings is 1. The van der Waals surface area contributed by atoms with Crippen molar-refractivity contribution in [2.75, 3.05) is 13.2 Å². The molecule has 0 radical (unpaired) electrons. The fraction of sp³-hybridized carbons (Fsp3) is 0.739. The molecule has 0 aromatic heterocycles. The molecule has 6 atom stereocenters. The van der Waals surface area contributed by atoms with Crippen molar-refractivity contribution in [3.8, 4) is 5.75 Å². The second-order valence-electron chi connectivity index (χ2n) is 9.18. The number of hydrogen-bond acceptors (Lipinski definition) is 3. The molecule has 5 unspecified atom stereocenters. The molecule has 0 spiro atoms. The van der Waals surface area contributed by atoms with E-state index in [9.17, 15) is 10.2 Å². The number of ether oxygens (including phenoxy) is 1. The van der Waals surface area contributed by atoms with Crippen LogP contribution in [0.25, 0.3) is 0 Å². The minimum atomic E-state index is -0.145. The van der Waals surface area contributed by atoms with Crippen molar-refractivity contribution in [1.29, 1.82) is 0 Å². The molecule has 26 heavy (non-hydrogen) atoms. The molecule has 0 bridgehead atoms. The van der Waals surface area contributed by atoms with E-state index in [0.29, 0.717) is 29.4 Å². The van der Waals surface area contributed by atoms with Crippen molar-refractivity contribution < 1.29 is 14.9 Å². The Labute approximate surface area is 157 Å². The number of aryl methyl sites for hydroxylation is 1. The molecule has 4 rings (SSSR count). The third-order valence-corrected chi connectivity index (χ3v) is 7.76. The molecule has 3 aliphatic carbocycles. The zero-order valence-corrected chi connectivity index (χ0v) is 16.3. The Morgan fingerprint density at radius 2 is 2.04 bits per heavy atom. The van der Waals surface area contributed by atoms with E-state index in [0.717, 1.165) is 45.3 Å². The second-order valence-corrected chi connectivity index (χ2v) is 9.18. The number of phenolic OH excluding ortho intramolecular Hbond substituents is 1. The molecule has 144 valence electrons. The number of fused-ring (bicyclic) bond motifs is 5. The van der Waals surface area contributed by atoms with Crippen LogP contribution in [-0.4, -0.2) is 29.5 Å². The van der Waals surface area contributed by atoms with Crippen LogP contribution in [0.3, 0.4) is 0 Å². The van der Waals surface area contributed by atoms with Crippen molar-refractivity contribution in [2.24, 2.45) is 23.2 Å². The third kappa shape index (κ3) is 2.97. The lowest BCUT2D eigenvalue weighted by Gasteiger charge is -2.54. The van der Waals surface area contributed by atoms with E-state index in [4.69, 9.17) is 4.74 Å². The molecule has 0 saturated heterocycles. The maximum Gasteiger partial charge on any atom is 0.115 e. The molecule has 3 nitrogen and oxygen atoms in total. The summed E-state index contributed by atoms with van der Waals surface area (Å²) in [6.07, 6.45) is 7.50. The Morgan fingerprint density at radius 1 is 1.19 bits per heavy atom. The Kier molecular flexibility index (Phi) is 5.04. The molecule has 0 aliphatic heterocycles. The summed E-state index contributed by atoms with van der Waals surface area (Å²) in [5.41, 5.74) is 2.88. The van der Waals surface area contributed by atoms with E-state index in [1.54, 1.807) is 0 Å². The fourth-order valence-electron chi connectivity index (χ4n) is 6.61. The van der Waals surface area contributed by atoms with Gasteiger partial charge in [-0.25, -0.2) is 0 Å². The van der Waals surface area contributed by atoms with E-state index in [1.165, 1.54) is 24.0 Å². The lowest BCUT2D eigenvalue weighted by atomic mass is 9.51. The summed E-state index contributed by atoms with van der Waals surface area (Å²) in [5.74, 6) is 2.82. The van der Waals surface area contributed by atoms with Crippen LogP contribution < -0.4 is 0 Å². The Hall–Kier alpha value is -1.06. The van der Waals surface area contributed by atoms with Crippen LogP contribution in [0.4, 0.5) is 0 Å². The molecule has 1 aromatic carbocycles. The molecular weight excluding hydrogens is 324 g/mol. The second kappa shape index (κ2) is 7.16. The molecule has 3 heteroatoms. The first-order valence-electron chi connectivity index (χ1n) is 10.6. The van der Waals surface area contributed by atoms with Crippen molar-refractivity contribution in [2.45, 2.75) is 70.8 Å². The van der Waals surface area contributed by atoms with Crippen molar-refractivity contribution in [1.82, 2.24) is 0 Å². The summed E-state index contributed by atoms with van der Waals surface area (Å²) < 4.78 is 5.84. The van der Waals surface area contributed by atoms with Crippen LogP contribution in [0, 0.1) is 23.2 Å². The fourth-order valence-corrected chi connectivity index (χ4v) is 6.61. The quantitative estimate of drug-likeness (QED) is 0.753. The van der Waals surface area contributed by atoms with Gasteiger partial charge in [-0.15, -0.1) is 0 Å². The van der Waals surface area contributed by atoms with Gasteiger partial charge in [-0.3, -0.25) is 0 Å². The minimum Gasteiger partial charge on any atom is -0.508 e. The van der Waals surface area contributed by atoms with Crippen molar-refractivity contribution in [3.63, 3.8) is 0 Å². The van der Waals surface area contributed by atoms with Gasteiger partial charge >= 0.3 is 0 Å². The molecule has 1 aromatic rings. The van der Waals surface area contributed by atoms with E-state index in [-0.39, 0.29) is 11.5 Å². The van der Waals surface area contributed by atoms with E-state index in [2.05, 4.69) is 19.9 Å². The Balaban J connectivity index is 1.65. The van der Waals surface area contributed by atoms with Gasteiger partial charge in [-0.1, -0.05) is 19.9 Å². The van der Waals surface area contributed by atoms with Crippen LogP contribution in [0.2, 0.25) is 0 Å². The van der Waals surface area contributed by atoms with Crippen LogP contribution in [-0.2, 0) is 11.2 Å². The third-order valence-electron chi connectivity index (χ3n) is 7.76. The molecule has 2 fully saturated rings. The highest BCUT2D eigenvalue weighted by molar-refractivity contribution is 5.40. The standard InChI is InChI=1S/C23H34O3/c1-3-11-26-12-10-16-14-23(2)20(8-9-21(23)25)19-6-4-15-13-17(24)5-7-18(15)22(16)19/h5,7,13,16,19-22,24-25H,3-4,6,8-12,14H2,1-2H3/t16-,19?,20?,21?,22?,23?/m0/s1. The van der Waals surface area contributed by atoms with E-state index in [1.807, 2.05) is 12.1 Å². The Morgan fingerprint density at radius 3 is 2.85 bits per heavy atom. The number of aliphatic hydroxyl groups excluding tert-OH is 1. The highest BCUT2D eigenvalue weighted by Gasteiger charge is 2.57. The van der Waals surface area contributed by atoms with Gasteiger partial charge in [0.05, 0.1) is 6.10 Å². The maximum absolute atomic E-state index is 10.8. The van der Waals surface area contributed by atoms with Crippen LogP contribution in [0.1, 0.15) is 69.4 Å². The largest absolute Gasteiger partial charge is 0.508 e. The van der Waals surface area contributed by atoms with Crippen molar-refractivity contribution >= 4 is 0 Å². The maximum atomic E-state index is 10.8. The highest BCUT2D eigenvalue weighted by Crippen LogP contribution is 2.63. The zero-order chi connectivity index (χ0) is 18.3. The molecular formula is C23H34O3. The van der Waals surface area contributed by atoms with Gasteiger partial charge in [0.25, 0.3) is 0 Å². The van der Waals surface area contributed by atoms with Gasteiger partial charge < -0.3 is 14.9 Å². The van der Waals surface area contributed by atoms with Crippen LogP contribution in [0.15, 0.2) is 18.2 Å². The predicted octanol–water partition coefficient (Wildman–Crippen LogP) is 4.65. The lowest BCUT2D eigenvalue weighted by molar-refractivity contribution is -0.0544. The smallest absolute Gasteiger partial charge is 0.115 e. The summed E-state index contributed by atoms with van der Waals surface area (Å²) in [6.45, 7) is 6.17. The van der Waals surface area contributed by atoms with Gasteiger partial charge in [-0.2, -0.15) is 0 Å². The van der Waals surface area contributed by atoms with Crippen LogP contribution >= 0.6 is 0 Å². The summed E-state index contributed by atoms with van der Waals surface area (Å²) in [5, 5.41) is 20.7. The van der Waals surface area contributed by atoms with Gasteiger partial charge in [0.1, 0.15) is 5.75 Å². The van der Waals surface area contributed by atoms with Crippen molar-refractivity contribution in [3.05, 3.63) is 29.3 Å². The van der Waals surface area contributed by atoms with Gasteiger partial charge in [0.15, 0.2) is 0 Å². The first kappa shape index (κ1) is 18.3. The summed E-state index contributed by atoms with van der Waals surface area (Å²) in [7, 11) is 0. The van der Waals surface area contributed by atoms with Gasteiger partial charge in [0, 0.05) is 13.2 Å². The number of rotatable bonds is 5. The van der Waals surface area contributed by atoms with Gasteiger partial charge in [0.2, 0.25) is 0 Å². The normalized spacial score (nSPS) is 38.5. The van der Waals surface area contributed by atoms with Gasteiger partial charge in [-0.05, 0) is 97.3 Å². The average molecular weight is 359 g/mol. The monoisotopic (exact) mass is 358 g/mol. The highest BCUT2D eigenvalue weighted by atomic mass is 16.5. The summed E-state index contributed by atoms with van der Waals surface area (Å²) >= 11 is 0. The molecule has 2 N–H and O–H groups in total. The SMILES string of the molecule is CCCOCC[C@H]1CC2(C)C(O)CCC2C2CCc3cc(O)ccc3C21.